The van der Waals surface area contributed by atoms with Crippen LogP contribution in [0.3, 0.4) is 0 Å². The van der Waals surface area contributed by atoms with Crippen molar-refractivity contribution >= 4 is 5.91 Å². The highest BCUT2D eigenvalue weighted by Gasteiger charge is 2.34. The summed E-state index contributed by atoms with van der Waals surface area (Å²) in [5, 5.41) is 0. The van der Waals surface area contributed by atoms with Gasteiger partial charge in [-0.3, -0.25) is 9.69 Å². The van der Waals surface area contributed by atoms with E-state index in [0.717, 1.165) is 17.7 Å². The van der Waals surface area contributed by atoms with Gasteiger partial charge in [0, 0.05) is 26.2 Å². The zero-order valence-corrected chi connectivity index (χ0v) is 9.83. The lowest BCUT2D eigenvalue weighted by Crippen LogP contribution is -2.44. The van der Waals surface area contributed by atoms with E-state index >= 15 is 0 Å². The second-order valence-corrected chi connectivity index (χ2v) is 4.35. The molecule has 0 spiro atoms. The van der Waals surface area contributed by atoms with Gasteiger partial charge >= 0.3 is 6.18 Å². The van der Waals surface area contributed by atoms with Crippen molar-refractivity contribution in [3.63, 3.8) is 0 Å². The lowest BCUT2D eigenvalue weighted by atomic mass is 10.4. The topological polar surface area (TPSA) is 49.6 Å². The molecule has 1 aliphatic carbocycles. The van der Waals surface area contributed by atoms with E-state index < -0.39 is 12.7 Å². The summed E-state index contributed by atoms with van der Waals surface area (Å²) in [6.07, 6.45) is -2.41. The molecule has 17 heavy (non-hydrogen) atoms. The summed E-state index contributed by atoms with van der Waals surface area (Å²) in [4.78, 5) is 14.2. The van der Waals surface area contributed by atoms with Gasteiger partial charge in [0.05, 0.1) is 13.1 Å². The molecule has 0 radical (unpaired) electrons. The number of alkyl halides is 3. The summed E-state index contributed by atoms with van der Waals surface area (Å²) < 4.78 is 36.7. The zero-order chi connectivity index (χ0) is 13.1. The maximum absolute atomic E-state index is 12.2. The highest BCUT2D eigenvalue weighted by Crippen LogP contribution is 2.25. The summed E-state index contributed by atoms with van der Waals surface area (Å²) in [6.45, 7) is -1.13. The van der Waals surface area contributed by atoms with Gasteiger partial charge in [-0.25, -0.2) is 0 Å². The molecule has 0 aliphatic heterocycles. The molecule has 100 valence electrons. The van der Waals surface area contributed by atoms with Crippen molar-refractivity contribution in [2.45, 2.75) is 25.1 Å². The number of halogens is 3. The maximum atomic E-state index is 12.2. The Morgan fingerprint density at radius 3 is 2.41 bits per heavy atom. The minimum atomic E-state index is -4.30. The van der Waals surface area contributed by atoms with Gasteiger partial charge in [0.1, 0.15) is 0 Å². The first-order valence-corrected chi connectivity index (χ1v) is 5.58. The third kappa shape index (κ3) is 5.36. The molecule has 0 heterocycles. The minimum absolute atomic E-state index is 0.0732. The van der Waals surface area contributed by atoms with Crippen LogP contribution in [-0.4, -0.2) is 61.2 Å². The van der Waals surface area contributed by atoms with Gasteiger partial charge in [-0.1, -0.05) is 0 Å². The largest absolute Gasteiger partial charge is 0.401 e. The first kappa shape index (κ1) is 14.2. The van der Waals surface area contributed by atoms with E-state index in [1.807, 2.05) is 0 Å². The summed E-state index contributed by atoms with van der Waals surface area (Å²) in [5.41, 5.74) is 5.24. The van der Waals surface area contributed by atoms with Gasteiger partial charge in [-0.05, 0) is 12.8 Å². The third-order valence-corrected chi connectivity index (χ3v) is 2.70. The summed E-state index contributed by atoms with van der Waals surface area (Å²) in [7, 11) is 1.63. The molecule has 0 unspecified atom stereocenters. The van der Waals surface area contributed by atoms with Crippen molar-refractivity contribution in [2.75, 3.05) is 33.2 Å². The summed E-state index contributed by atoms with van der Waals surface area (Å²) in [5.74, 6) is -0.273. The molecular weight excluding hydrogens is 235 g/mol. The number of hydrogen-bond acceptors (Lipinski definition) is 3. The van der Waals surface area contributed by atoms with Crippen molar-refractivity contribution in [1.29, 1.82) is 0 Å². The Hall–Kier alpha value is -0.820. The molecule has 4 nitrogen and oxygen atoms in total. The fraction of sp³-hybridized carbons (Fsp3) is 0.900. The number of carbonyl (C=O) groups is 1. The van der Waals surface area contributed by atoms with Crippen LogP contribution in [0.1, 0.15) is 12.8 Å². The highest BCUT2D eigenvalue weighted by atomic mass is 19.4. The van der Waals surface area contributed by atoms with E-state index in [9.17, 15) is 18.0 Å². The molecule has 0 saturated heterocycles. The molecule has 2 N–H and O–H groups in total. The monoisotopic (exact) mass is 253 g/mol. The molecule has 0 bridgehead atoms. The number of rotatable bonds is 6. The number of amides is 1. The Kier molecular flexibility index (Phi) is 4.76. The first-order valence-electron chi connectivity index (χ1n) is 5.58. The van der Waals surface area contributed by atoms with E-state index in [0.29, 0.717) is 0 Å². The second kappa shape index (κ2) is 5.68. The van der Waals surface area contributed by atoms with Crippen LogP contribution in [-0.2, 0) is 4.79 Å². The van der Waals surface area contributed by atoms with Gasteiger partial charge in [0.2, 0.25) is 5.91 Å². The Morgan fingerprint density at radius 2 is 2.00 bits per heavy atom. The van der Waals surface area contributed by atoms with Gasteiger partial charge in [-0.15, -0.1) is 0 Å². The average Bonchev–Trinajstić information content (AvgIpc) is 2.97. The van der Waals surface area contributed by atoms with Crippen molar-refractivity contribution in [2.24, 2.45) is 5.73 Å². The number of hydrogen-bond donors (Lipinski definition) is 1. The predicted octanol–water partition coefficient (Wildman–Crippen LogP) is 0.430. The normalized spacial score (nSPS) is 16.4. The van der Waals surface area contributed by atoms with Crippen LogP contribution in [0.25, 0.3) is 0 Å². The predicted molar refractivity (Wildman–Crippen MR) is 57.3 cm³/mol. The molecule has 0 atom stereocenters. The fourth-order valence-electron chi connectivity index (χ4n) is 1.62. The van der Waals surface area contributed by atoms with Crippen molar-refractivity contribution in [1.82, 2.24) is 9.80 Å². The molecular formula is C10H18F3N3O. The SMILES string of the molecule is CN(C(=O)CN(CCN)CC(F)(F)F)C1CC1. The lowest BCUT2D eigenvalue weighted by Gasteiger charge is -2.25. The maximum Gasteiger partial charge on any atom is 0.401 e. The Morgan fingerprint density at radius 1 is 1.41 bits per heavy atom. The molecule has 0 aromatic rings. The Labute approximate surface area is 98.5 Å². The van der Waals surface area contributed by atoms with Crippen molar-refractivity contribution in [3.05, 3.63) is 0 Å². The van der Waals surface area contributed by atoms with Crippen LogP contribution in [0.4, 0.5) is 13.2 Å². The van der Waals surface area contributed by atoms with E-state index in [1.165, 1.54) is 4.90 Å². The standard InChI is InChI=1S/C10H18F3N3O/c1-15(8-2-3-8)9(17)6-16(5-4-14)7-10(11,12)13/h8H,2-7,14H2,1H3. The van der Waals surface area contributed by atoms with E-state index in [4.69, 9.17) is 5.73 Å². The van der Waals surface area contributed by atoms with Crippen LogP contribution in [0.2, 0.25) is 0 Å². The quantitative estimate of drug-likeness (QED) is 0.747. The minimum Gasteiger partial charge on any atom is -0.342 e. The van der Waals surface area contributed by atoms with Crippen molar-refractivity contribution < 1.29 is 18.0 Å². The Balaban J connectivity index is 2.44. The molecule has 1 amide bonds. The first-order chi connectivity index (χ1) is 7.83. The van der Waals surface area contributed by atoms with Crippen LogP contribution in [0.5, 0.6) is 0 Å². The number of carbonyl (C=O) groups excluding carboxylic acids is 1. The van der Waals surface area contributed by atoms with Crippen LogP contribution >= 0.6 is 0 Å². The molecule has 1 fully saturated rings. The third-order valence-electron chi connectivity index (χ3n) is 2.70. The molecule has 0 aromatic heterocycles. The average molecular weight is 253 g/mol. The van der Waals surface area contributed by atoms with Crippen LogP contribution < -0.4 is 5.73 Å². The van der Waals surface area contributed by atoms with Gasteiger partial charge in [-0.2, -0.15) is 13.2 Å². The van der Waals surface area contributed by atoms with Gasteiger partial charge < -0.3 is 10.6 Å². The molecule has 1 rings (SSSR count). The highest BCUT2D eigenvalue weighted by molar-refractivity contribution is 5.78. The van der Waals surface area contributed by atoms with Crippen molar-refractivity contribution in [3.8, 4) is 0 Å². The lowest BCUT2D eigenvalue weighted by molar-refractivity contribution is -0.151. The smallest absolute Gasteiger partial charge is 0.342 e. The summed E-state index contributed by atoms with van der Waals surface area (Å²) >= 11 is 0. The van der Waals surface area contributed by atoms with Gasteiger partial charge in [0.25, 0.3) is 0 Å². The summed E-state index contributed by atoms with van der Waals surface area (Å²) in [6, 6.07) is 0.216. The van der Waals surface area contributed by atoms with E-state index in [1.54, 1.807) is 7.05 Å². The number of likely N-dealkylation sites (N-methyl/N-ethyl adjacent to an activating group) is 1. The molecule has 1 aliphatic rings. The molecule has 7 heteroatoms. The molecule has 1 saturated carbocycles. The van der Waals surface area contributed by atoms with Crippen LogP contribution in [0.15, 0.2) is 0 Å². The van der Waals surface area contributed by atoms with Crippen LogP contribution in [0, 0.1) is 0 Å². The van der Waals surface area contributed by atoms with Gasteiger partial charge in [0.15, 0.2) is 0 Å². The second-order valence-electron chi connectivity index (χ2n) is 4.35. The fourth-order valence-corrected chi connectivity index (χ4v) is 1.62. The van der Waals surface area contributed by atoms with E-state index in [-0.39, 0.29) is 31.6 Å². The number of nitrogens with zero attached hydrogens (tertiary/aromatic N) is 2. The zero-order valence-electron chi connectivity index (χ0n) is 9.83. The molecule has 0 aromatic carbocycles. The number of nitrogens with two attached hydrogens (primary N) is 1. The Bertz CT molecular complexity index is 266. The van der Waals surface area contributed by atoms with E-state index in [2.05, 4.69) is 0 Å².